The zero-order chi connectivity index (χ0) is 36.5. The lowest BCUT2D eigenvalue weighted by Gasteiger charge is -2.04. The van der Waals surface area contributed by atoms with Crippen LogP contribution in [-0.4, -0.2) is 77.7 Å². The number of carbonyl (C=O) groups is 4. The molecule has 0 fully saturated rings. The lowest BCUT2D eigenvalue weighted by atomic mass is 10.0. The lowest BCUT2D eigenvalue weighted by molar-refractivity contribution is -0.141. The molecule has 0 aromatic carbocycles. The minimum atomic E-state index is -0.608. The Balaban J connectivity index is 1.44. The minimum absolute atomic E-state index is 0.0819. The van der Waals surface area contributed by atoms with E-state index in [0.29, 0.717) is 31.4 Å². The third kappa shape index (κ3) is 8.53. The molecule has 0 unspecified atom stereocenters. The fourth-order valence-corrected chi connectivity index (χ4v) is 6.40. The van der Waals surface area contributed by atoms with Crippen molar-refractivity contribution < 1.29 is 33.4 Å². The second-order valence-corrected chi connectivity index (χ2v) is 12.5. The summed E-state index contributed by atoms with van der Waals surface area (Å²) in [6.45, 7) is 10.8. The Kier molecular flexibility index (Phi) is 12.8. The number of esters is 3. The molecule has 12 nitrogen and oxygen atoms in total. The van der Waals surface area contributed by atoms with Gasteiger partial charge >= 0.3 is 17.9 Å². The average molecular weight is 688 g/mol. The Labute approximate surface area is 292 Å². The van der Waals surface area contributed by atoms with Gasteiger partial charge in [0.1, 0.15) is 0 Å². The molecular weight excluding hydrogens is 638 g/mol. The summed E-state index contributed by atoms with van der Waals surface area (Å²) in [5.74, 6) is -1.67. The van der Waals surface area contributed by atoms with Crippen molar-refractivity contribution in [1.82, 2.24) is 19.9 Å². The number of ether oxygens (including phenoxy) is 3. The van der Waals surface area contributed by atoms with Crippen LogP contribution in [0, 0.1) is 27.7 Å². The summed E-state index contributed by atoms with van der Waals surface area (Å²) < 4.78 is 14.4. The van der Waals surface area contributed by atoms with Crippen LogP contribution in [0.15, 0.2) is 17.4 Å². The van der Waals surface area contributed by atoms with Crippen LogP contribution in [0.25, 0.3) is 0 Å². The first kappa shape index (κ1) is 37.7. The van der Waals surface area contributed by atoms with E-state index in [1.54, 1.807) is 6.92 Å². The van der Waals surface area contributed by atoms with Crippen molar-refractivity contribution in [2.45, 2.75) is 86.0 Å². The van der Waals surface area contributed by atoms with Gasteiger partial charge in [-0.3, -0.25) is 19.4 Å². The van der Waals surface area contributed by atoms with Crippen LogP contribution in [0.5, 0.6) is 0 Å². The maximum atomic E-state index is 13.0. The zero-order valence-corrected chi connectivity index (χ0v) is 30.4. The maximum absolute atomic E-state index is 13.0. The number of aliphatic imine (C=N–C) groups is 1. The fourth-order valence-electron chi connectivity index (χ4n) is 6.40. The largest absolute Gasteiger partial charge is 0.469 e. The molecule has 4 heterocycles. The van der Waals surface area contributed by atoms with E-state index < -0.39 is 11.9 Å². The van der Waals surface area contributed by atoms with Gasteiger partial charge in [-0.15, -0.1) is 0 Å². The third-order valence-electron chi connectivity index (χ3n) is 9.64. The van der Waals surface area contributed by atoms with Crippen LogP contribution < -0.4 is 0 Å². The third-order valence-corrected chi connectivity index (χ3v) is 9.64. The molecule has 0 aliphatic rings. The summed E-state index contributed by atoms with van der Waals surface area (Å²) >= 11 is 0. The van der Waals surface area contributed by atoms with Crippen molar-refractivity contribution in [3.63, 3.8) is 0 Å². The first-order valence-electron chi connectivity index (χ1n) is 16.9. The summed E-state index contributed by atoms with van der Waals surface area (Å²) in [6, 6.07) is 0. The van der Waals surface area contributed by atoms with Crippen molar-refractivity contribution in [2.24, 2.45) is 4.99 Å². The number of aryl methyl sites for hydroxylation is 1. The Morgan fingerprint density at radius 3 is 1.90 bits per heavy atom. The lowest BCUT2D eigenvalue weighted by Crippen LogP contribution is -2.12. The number of ketones is 1. The molecule has 0 saturated heterocycles. The second kappa shape index (κ2) is 17.0. The second-order valence-electron chi connectivity index (χ2n) is 12.5. The summed E-state index contributed by atoms with van der Waals surface area (Å²) in [6.07, 6.45) is 9.50. The molecule has 0 amide bonds. The molecule has 50 heavy (non-hydrogen) atoms. The van der Waals surface area contributed by atoms with Crippen molar-refractivity contribution in [3.8, 4) is 0 Å². The number of carbonyl (C=O) groups excluding carboxylic acids is 4. The summed E-state index contributed by atoms with van der Waals surface area (Å²) in [5, 5.41) is 0. The number of methoxy groups -OCH3 is 3. The van der Waals surface area contributed by atoms with Gasteiger partial charge < -0.3 is 34.1 Å². The molecule has 4 N–H and O–H groups in total. The summed E-state index contributed by atoms with van der Waals surface area (Å²) in [4.78, 5) is 67.2. The van der Waals surface area contributed by atoms with Crippen LogP contribution in [0.2, 0.25) is 0 Å². The zero-order valence-electron chi connectivity index (χ0n) is 30.4. The topological polar surface area (TPSA) is 171 Å². The highest BCUT2D eigenvalue weighted by Crippen LogP contribution is 2.27. The van der Waals surface area contributed by atoms with Gasteiger partial charge in [-0.25, -0.2) is 4.79 Å². The van der Waals surface area contributed by atoms with Gasteiger partial charge in [0.15, 0.2) is 5.78 Å². The van der Waals surface area contributed by atoms with E-state index in [0.717, 1.165) is 64.4 Å². The molecule has 0 aliphatic carbocycles. The Hall–Kier alpha value is -5.13. The van der Waals surface area contributed by atoms with Gasteiger partial charge in [0, 0.05) is 73.6 Å². The predicted molar refractivity (Wildman–Crippen MR) is 191 cm³/mol. The van der Waals surface area contributed by atoms with Crippen LogP contribution in [-0.2, 0) is 55.9 Å². The van der Waals surface area contributed by atoms with Crippen LogP contribution >= 0.6 is 0 Å². The highest BCUT2D eigenvalue weighted by atomic mass is 16.5. The maximum Gasteiger partial charge on any atom is 0.340 e. The molecule has 0 saturated carbocycles. The molecule has 0 radical (unpaired) electrons. The number of nitrogens with zero attached hydrogens (tertiary/aromatic N) is 1. The van der Waals surface area contributed by atoms with Gasteiger partial charge in [-0.2, -0.15) is 0 Å². The van der Waals surface area contributed by atoms with E-state index in [-0.39, 0.29) is 35.9 Å². The molecule has 0 bridgehead atoms. The first-order chi connectivity index (χ1) is 23.9. The number of nitrogens with one attached hydrogen (secondary N) is 4. The first-order valence-corrected chi connectivity index (χ1v) is 16.9. The number of rotatable bonds is 17. The number of aromatic amines is 4. The van der Waals surface area contributed by atoms with Crippen molar-refractivity contribution in [2.75, 3.05) is 27.9 Å². The highest BCUT2D eigenvalue weighted by Gasteiger charge is 2.27. The molecule has 268 valence electrons. The van der Waals surface area contributed by atoms with E-state index in [4.69, 9.17) is 14.5 Å². The van der Waals surface area contributed by atoms with E-state index >= 15 is 0 Å². The number of H-pyrrole nitrogens is 4. The smallest absolute Gasteiger partial charge is 0.340 e. The monoisotopic (exact) mass is 687 g/mol. The predicted octanol–water partition coefficient (Wildman–Crippen LogP) is 5.67. The van der Waals surface area contributed by atoms with Crippen molar-refractivity contribution in [3.05, 3.63) is 91.1 Å². The summed E-state index contributed by atoms with van der Waals surface area (Å²) in [7, 11) is 3.96. The number of hydrogen-bond donors (Lipinski definition) is 4. The molecule has 4 rings (SSSR count). The molecule has 4 aromatic rings. The van der Waals surface area contributed by atoms with Crippen LogP contribution in [0.3, 0.4) is 0 Å². The van der Waals surface area contributed by atoms with Crippen molar-refractivity contribution >= 4 is 29.9 Å². The molecule has 4 aromatic heterocycles. The highest BCUT2D eigenvalue weighted by molar-refractivity contribution is 6.07. The average Bonchev–Trinajstić information content (AvgIpc) is 3.84. The molecular formula is C38H49N5O7. The molecule has 0 aliphatic heterocycles. The standard InChI is InChI=1S/C38H49N5O7/c1-9-27-23(4)32(42-31(27)17-30-24(5)36(38(47)50-8)37(43-30)33(44)11-13-35(46)49-7)20-39-15-14-26-19-41-29(22(26)3)16-28-21(2)25(18-40-28)10-12-34(45)48-6/h18-20,40-43H,9-17H2,1-8H3. The SMILES string of the molecule is CCc1c(Cc2[nH]c(C(=O)CCC(=O)OC)c(C(=O)OC)c2C)[nH]c(C=NCCc2c[nH]c(Cc3[nH]cc(CCC(=O)OC)c3C)c2C)c1C. The van der Waals surface area contributed by atoms with Crippen molar-refractivity contribution in [1.29, 1.82) is 0 Å². The van der Waals surface area contributed by atoms with E-state index in [1.165, 1.54) is 38.0 Å². The van der Waals surface area contributed by atoms with E-state index in [1.807, 2.05) is 12.4 Å². The van der Waals surface area contributed by atoms with Gasteiger partial charge in [0.25, 0.3) is 0 Å². The van der Waals surface area contributed by atoms with Crippen LogP contribution in [0.4, 0.5) is 0 Å². The van der Waals surface area contributed by atoms with Gasteiger partial charge in [0.05, 0.1) is 44.7 Å². The van der Waals surface area contributed by atoms with E-state index in [9.17, 15) is 19.2 Å². The quantitative estimate of drug-likeness (QED) is 0.0480. The van der Waals surface area contributed by atoms with E-state index in [2.05, 4.69) is 58.6 Å². The molecule has 0 atom stereocenters. The number of aromatic nitrogens is 4. The fraction of sp³-hybridized carbons (Fsp3) is 0.447. The minimum Gasteiger partial charge on any atom is -0.469 e. The summed E-state index contributed by atoms with van der Waals surface area (Å²) in [5.41, 5.74) is 12.8. The Morgan fingerprint density at radius 2 is 1.30 bits per heavy atom. The normalized spacial score (nSPS) is 11.4. The van der Waals surface area contributed by atoms with Gasteiger partial charge in [-0.1, -0.05) is 6.92 Å². The Morgan fingerprint density at radius 1 is 0.700 bits per heavy atom. The van der Waals surface area contributed by atoms with Crippen LogP contribution in [0.1, 0.15) is 114 Å². The van der Waals surface area contributed by atoms with Gasteiger partial charge in [-0.05, 0) is 85.9 Å². The number of hydrogen-bond acceptors (Lipinski definition) is 8. The molecule has 12 heteroatoms. The molecule has 0 spiro atoms. The Bertz CT molecular complexity index is 1880. The number of Topliss-reactive ketones (excluding diaryl/α,β-unsaturated/α-hetero) is 1. The van der Waals surface area contributed by atoms with Gasteiger partial charge in [0.2, 0.25) is 0 Å².